The minimum absolute atomic E-state index is 0.00292. The number of carbonyl (C=O) groups is 1. The van der Waals surface area contributed by atoms with Crippen molar-refractivity contribution in [3.05, 3.63) is 35.4 Å². The molecule has 1 aromatic carbocycles. The van der Waals surface area contributed by atoms with Crippen LogP contribution in [0.4, 0.5) is 0 Å². The van der Waals surface area contributed by atoms with Crippen LogP contribution in [0.15, 0.2) is 24.3 Å². The van der Waals surface area contributed by atoms with Crippen LogP contribution in [0.25, 0.3) is 0 Å². The number of hydrogen-bond donors (Lipinski definition) is 1. The van der Waals surface area contributed by atoms with Gasteiger partial charge in [-0.1, -0.05) is 45.4 Å². The minimum Gasteiger partial charge on any atom is -0.351 e. The van der Waals surface area contributed by atoms with E-state index in [1.54, 1.807) is 0 Å². The van der Waals surface area contributed by atoms with Gasteiger partial charge >= 0.3 is 0 Å². The number of aryl methyl sites for hydroxylation is 1. The SMILES string of the molecule is CC.CC.Cc1ccc(C(=O)NCCN(C)C)cc1. The molecular formula is C16H30N2O. The van der Waals surface area contributed by atoms with Gasteiger partial charge < -0.3 is 10.2 Å². The second-order valence-corrected chi connectivity index (χ2v) is 3.93. The Hall–Kier alpha value is -1.35. The Labute approximate surface area is 119 Å². The molecule has 1 amide bonds. The zero-order valence-corrected chi connectivity index (χ0v) is 13.6. The lowest BCUT2D eigenvalue weighted by Gasteiger charge is -2.10. The molecule has 0 aromatic heterocycles. The molecule has 0 fully saturated rings. The zero-order chi connectivity index (χ0) is 15.3. The molecule has 0 saturated carbocycles. The Bertz CT molecular complexity index is 318. The summed E-state index contributed by atoms with van der Waals surface area (Å²) in [6, 6.07) is 7.59. The molecule has 0 saturated heterocycles. The molecule has 0 aliphatic rings. The van der Waals surface area contributed by atoms with Gasteiger partial charge in [0, 0.05) is 18.7 Å². The van der Waals surface area contributed by atoms with E-state index in [0.29, 0.717) is 6.54 Å². The van der Waals surface area contributed by atoms with Crippen molar-refractivity contribution in [2.75, 3.05) is 27.2 Å². The fourth-order valence-electron chi connectivity index (χ4n) is 1.20. The average Bonchev–Trinajstić information content (AvgIpc) is 2.43. The number of carbonyl (C=O) groups excluding carboxylic acids is 1. The lowest BCUT2D eigenvalue weighted by Crippen LogP contribution is -2.31. The van der Waals surface area contributed by atoms with Gasteiger partial charge in [0.05, 0.1) is 0 Å². The highest BCUT2D eigenvalue weighted by Gasteiger charge is 2.03. The third-order valence-electron chi connectivity index (χ3n) is 2.16. The molecule has 1 N–H and O–H groups in total. The highest BCUT2D eigenvalue weighted by atomic mass is 16.1. The number of rotatable bonds is 4. The first-order valence-electron chi connectivity index (χ1n) is 7.09. The number of amides is 1. The van der Waals surface area contributed by atoms with Crippen molar-refractivity contribution >= 4 is 5.91 Å². The number of likely N-dealkylation sites (N-methyl/N-ethyl adjacent to an activating group) is 1. The van der Waals surface area contributed by atoms with Crippen LogP contribution < -0.4 is 5.32 Å². The lowest BCUT2D eigenvalue weighted by atomic mass is 10.1. The van der Waals surface area contributed by atoms with E-state index in [-0.39, 0.29) is 5.91 Å². The molecule has 1 aromatic rings. The van der Waals surface area contributed by atoms with Crippen LogP contribution in [0.2, 0.25) is 0 Å². The summed E-state index contributed by atoms with van der Waals surface area (Å²) >= 11 is 0. The fraction of sp³-hybridized carbons (Fsp3) is 0.562. The first-order valence-corrected chi connectivity index (χ1v) is 7.09. The molecule has 0 heterocycles. The number of nitrogens with zero attached hydrogens (tertiary/aromatic N) is 1. The Kier molecular flexibility index (Phi) is 13.8. The molecule has 3 nitrogen and oxygen atoms in total. The highest BCUT2D eigenvalue weighted by Crippen LogP contribution is 2.02. The maximum absolute atomic E-state index is 11.6. The highest BCUT2D eigenvalue weighted by molar-refractivity contribution is 5.94. The van der Waals surface area contributed by atoms with Crippen LogP contribution >= 0.6 is 0 Å². The molecule has 0 aliphatic heterocycles. The normalized spacial score (nSPS) is 8.84. The fourth-order valence-corrected chi connectivity index (χ4v) is 1.20. The van der Waals surface area contributed by atoms with E-state index in [1.165, 1.54) is 5.56 Å². The first-order chi connectivity index (χ1) is 9.09. The van der Waals surface area contributed by atoms with Gasteiger partial charge in [0.15, 0.2) is 0 Å². The van der Waals surface area contributed by atoms with Gasteiger partial charge in [0.1, 0.15) is 0 Å². The Morgan fingerprint density at radius 2 is 1.53 bits per heavy atom. The van der Waals surface area contributed by atoms with Crippen molar-refractivity contribution in [3.8, 4) is 0 Å². The van der Waals surface area contributed by atoms with E-state index >= 15 is 0 Å². The molecule has 19 heavy (non-hydrogen) atoms. The van der Waals surface area contributed by atoms with Crippen molar-refractivity contribution in [3.63, 3.8) is 0 Å². The smallest absolute Gasteiger partial charge is 0.251 e. The topological polar surface area (TPSA) is 32.3 Å². The van der Waals surface area contributed by atoms with Gasteiger partial charge in [-0.25, -0.2) is 0 Å². The minimum atomic E-state index is -0.00292. The van der Waals surface area contributed by atoms with Crippen molar-refractivity contribution in [2.45, 2.75) is 34.6 Å². The number of benzene rings is 1. The summed E-state index contributed by atoms with van der Waals surface area (Å²) in [7, 11) is 3.97. The molecule has 110 valence electrons. The van der Waals surface area contributed by atoms with E-state index in [9.17, 15) is 4.79 Å². The van der Waals surface area contributed by atoms with E-state index in [2.05, 4.69) is 5.32 Å². The quantitative estimate of drug-likeness (QED) is 0.906. The lowest BCUT2D eigenvalue weighted by molar-refractivity contribution is 0.0951. The van der Waals surface area contributed by atoms with Crippen LogP contribution in [0.3, 0.4) is 0 Å². The van der Waals surface area contributed by atoms with Gasteiger partial charge in [-0.05, 0) is 33.2 Å². The van der Waals surface area contributed by atoms with Gasteiger partial charge in [0.25, 0.3) is 5.91 Å². The van der Waals surface area contributed by atoms with Crippen molar-refractivity contribution in [1.82, 2.24) is 10.2 Å². The van der Waals surface area contributed by atoms with Crippen LogP contribution in [-0.2, 0) is 0 Å². The number of nitrogens with one attached hydrogen (secondary N) is 1. The third-order valence-corrected chi connectivity index (χ3v) is 2.16. The van der Waals surface area contributed by atoms with Crippen molar-refractivity contribution < 1.29 is 4.79 Å². The second kappa shape index (κ2) is 13.1. The monoisotopic (exact) mass is 266 g/mol. The second-order valence-electron chi connectivity index (χ2n) is 3.93. The van der Waals surface area contributed by atoms with E-state index in [4.69, 9.17) is 0 Å². The molecule has 3 heteroatoms. The predicted octanol–water partition coefficient (Wildman–Crippen LogP) is 3.34. The van der Waals surface area contributed by atoms with E-state index < -0.39 is 0 Å². The summed E-state index contributed by atoms with van der Waals surface area (Å²) < 4.78 is 0. The van der Waals surface area contributed by atoms with Gasteiger partial charge in [0.2, 0.25) is 0 Å². The molecule has 0 aliphatic carbocycles. The molecule has 1 rings (SSSR count). The largest absolute Gasteiger partial charge is 0.351 e. The molecule has 0 unspecified atom stereocenters. The van der Waals surface area contributed by atoms with Crippen LogP contribution in [0.5, 0.6) is 0 Å². The molecule has 0 bridgehead atoms. The van der Waals surface area contributed by atoms with E-state index in [1.807, 2.05) is 77.9 Å². The Morgan fingerprint density at radius 1 is 1.05 bits per heavy atom. The van der Waals surface area contributed by atoms with Crippen LogP contribution in [0, 0.1) is 6.92 Å². The molecule has 0 spiro atoms. The number of hydrogen-bond acceptors (Lipinski definition) is 2. The Morgan fingerprint density at radius 3 is 1.95 bits per heavy atom. The van der Waals surface area contributed by atoms with Gasteiger partial charge in [-0.3, -0.25) is 4.79 Å². The van der Waals surface area contributed by atoms with Gasteiger partial charge in [-0.2, -0.15) is 0 Å². The summed E-state index contributed by atoms with van der Waals surface area (Å²) in [5.74, 6) is -0.00292. The Balaban J connectivity index is 0. The van der Waals surface area contributed by atoms with E-state index in [0.717, 1.165) is 12.1 Å². The maximum Gasteiger partial charge on any atom is 0.251 e. The summed E-state index contributed by atoms with van der Waals surface area (Å²) in [6.45, 7) is 11.5. The van der Waals surface area contributed by atoms with Crippen molar-refractivity contribution in [1.29, 1.82) is 0 Å². The summed E-state index contributed by atoms with van der Waals surface area (Å²) in [5, 5.41) is 2.87. The maximum atomic E-state index is 11.6. The summed E-state index contributed by atoms with van der Waals surface area (Å²) in [4.78, 5) is 13.6. The van der Waals surface area contributed by atoms with Crippen LogP contribution in [0.1, 0.15) is 43.6 Å². The summed E-state index contributed by atoms with van der Waals surface area (Å²) in [6.07, 6.45) is 0. The standard InChI is InChI=1S/C12H18N2O.2C2H6/c1-10-4-6-11(7-5-10)12(15)13-8-9-14(2)3;2*1-2/h4-7H,8-9H2,1-3H3,(H,13,15);2*1-2H3. The third kappa shape index (κ3) is 10.3. The first kappa shape index (κ1) is 20.0. The van der Waals surface area contributed by atoms with Gasteiger partial charge in [-0.15, -0.1) is 0 Å². The van der Waals surface area contributed by atoms with Crippen LogP contribution in [-0.4, -0.2) is 38.0 Å². The summed E-state index contributed by atoms with van der Waals surface area (Å²) in [5.41, 5.74) is 1.89. The zero-order valence-electron chi connectivity index (χ0n) is 13.6. The molecule has 0 radical (unpaired) electrons. The molecular weight excluding hydrogens is 236 g/mol. The van der Waals surface area contributed by atoms with Crippen molar-refractivity contribution in [2.24, 2.45) is 0 Å². The molecule has 0 atom stereocenters. The average molecular weight is 266 g/mol. The predicted molar refractivity (Wildman–Crippen MR) is 84.8 cm³/mol.